The third kappa shape index (κ3) is 11.6. The Morgan fingerprint density at radius 1 is 0.451 bits per heavy atom. The fourth-order valence-electron chi connectivity index (χ4n) is 5.92. The molecule has 0 amide bonds. The van der Waals surface area contributed by atoms with Gasteiger partial charge in [-0.3, -0.25) is 4.99 Å². The monoisotopic (exact) mass is 683 g/mol. The summed E-state index contributed by atoms with van der Waals surface area (Å²) in [7, 11) is 0. The van der Waals surface area contributed by atoms with Gasteiger partial charge in [0.2, 0.25) is 0 Å². The SMILES string of the molecule is C1=C2C(=Nc3ccccc32)c2ccccc2C1.CCC.CCC.CCC.CCC.CCC.CCC1=C2C(=Nc3ccccc32)Cc2ccccc21. The summed E-state index contributed by atoms with van der Waals surface area (Å²) in [5.74, 6) is 0. The highest BCUT2D eigenvalue weighted by molar-refractivity contribution is 6.37. The summed E-state index contributed by atoms with van der Waals surface area (Å²) < 4.78 is 0. The molecule has 0 fully saturated rings. The van der Waals surface area contributed by atoms with Crippen molar-refractivity contribution in [2.24, 2.45) is 9.98 Å². The molecule has 0 spiro atoms. The molecule has 2 aliphatic heterocycles. The quantitative estimate of drug-likeness (QED) is 0.191. The van der Waals surface area contributed by atoms with Crippen LogP contribution in [0.3, 0.4) is 0 Å². The van der Waals surface area contributed by atoms with Crippen molar-refractivity contribution in [2.75, 3.05) is 0 Å². The zero-order chi connectivity index (χ0) is 37.6. The molecule has 0 radical (unpaired) electrons. The van der Waals surface area contributed by atoms with E-state index in [9.17, 15) is 0 Å². The van der Waals surface area contributed by atoms with Gasteiger partial charge in [-0.25, -0.2) is 4.99 Å². The molecule has 2 nitrogen and oxygen atoms in total. The van der Waals surface area contributed by atoms with Gasteiger partial charge in [-0.15, -0.1) is 0 Å². The Balaban J connectivity index is 0.000000257. The number of rotatable bonds is 1. The van der Waals surface area contributed by atoms with Gasteiger partial charge in [-0.05, 0) is 47.2 Å². The minimum absolute atomic E-state index is 0.962. The van der Waals surface area contributed by atoms with Crippen molar-refractivity contribution < 1.29 is 0 Å². The van der Waals surface area contributed by atoms with Crippen LogP contribution in [0, 0.1) is 0 Å². The van der Waals surface area contributed by atoms with Crippen LogP contribution in [-0.4, -0.2) is 11.4 Å². The zero-order valence-corrected chi connectivity index (χ0v) is 33.9. The summed E-state index contributed by atoms with van der Waals surface area (Å²) >= 11 is 0. The minimum atomic E-state index is 0.962. The van der Waals surface area contributed by atoms with Crippen molar-refractivity contribution in [1.82, 2.24) is 0 Å². The first-order chi connectivity index (χ1) is 24.9. The maximum Gasteiger partial charge on any atom is 0.0788 e. The van der Waals surface area contributed by atoms with Crippen LogP contribution in [0.1, 0.15) is 148 Å². The molecule has 2 heteroatoms. The molecule has 8 rings (SSSR count). The molecule has 4 aromatic carbocycles. The van der Waals surface area contributed by atoms with Gasteiger partial charge in [0.15, 0.2) is 0 Å². The van der Waals surface area contributed by atoms with E-state index < -0.39 is 0 Å². The van der Waals surface area contributed by atoms with E-state index in [1.165, 1.54) is 87.9 Å². The standard InChI is InChI=1S/C18H15N.C16H11N.5C3H8/c1-2-13-14-8-4-3-7-12(14)11-17-18(13)15-9-5-6-10-16(15)19-17;1-2-6-12-11(5-1)9-10-14-13-7-3-4-8-15(13)17-16(12)14;5*1-3-2/h3-10H,2,11H2,1H3;1-8,10H,9H2;5*3H2,1-2H3. The molecule has 4 aliphatic rings. The fraction of sp³-hybridized carbons (Fsp3) is 0.388. The third-order valence-electron chi connectivity index (χ3n) is 7.55. The Labute approximate surface area is 312 Å². The lowest BCUT2D eigenvalue weighted by Gasteiger charge is -2.21. The fourth-order valence-corrected chi connectivity index (χ4v) is 5.92. The Morgan fingerprint density at radius 3 is 1.43 bits per heavy atom. The molecular formula is C49H66N2. The molecule has 0 bridgehead atoms. The number of hydrogen-bond donors (Lipinski definition) is 0. The maximum absolute atomic E-state index is 4.83. The Kier molecular flexibility index (Phi) is 20.2. The first-order valence-corrected chi connectivity index (χ1v) is 19.8. The minimum Gasteiger partial charge on any atom is -0.252 e. The van der Waals surface area contributed by atoms with Crippen LogP contribution in [0.4, 0.5) is 11.4 Å². The molecule has 0 aromatic heterocycles. The number of allylic oxidation sites excluding steroid dienone is 4. The second-order valence-corrected chi connectivity index (χ2v) is 13.1. The normalized spacial score (nSPS) is 12.8. The molecule has 0 atom stereocenters. The summed E-state index contributed by atoms with van der Waals surface area (Å²) in [4.78, 5) is 9.59. The number of aliphatic imine (C=N–C) groups is 2. The Morgan fingerprint density at radius 2 is 0.882 bits per heavy atom. The van der Waals surface area contributed by atoms with Gasteiger partial charge < -0.3 is 0 Å². The molecule has 272 valence electrons. The van der Waals surface area contributed by atoms with Gasteiger partial charge in [-0.2, -0.15) is 0 Å². The highest BCUT2D eigenvalue weighted by Crippen LogP contribution is 2.45. The van der Waals surface area contributed by atoms with Gasteiger partial charge in [0.1, 0.15) is 0 Å². The average Bonchev–Trinajstić information content (AvgIpc) is 3.71. The van der Waals surface area contributed by atoms with Crippen LogP contribution in [0.15, 0.2) is 113 Å². The van der Waals surface area contributed by atoms with Crippen molar-refractivity contribution in [2.45, 2.75) is 128 Å². The van der Waals surface area contributed by atoms with E-state index in [0.717, 1.165) is 36.3 Å². The number of fused-ring (bicyclic) bond motifs is 9. The van der Waals surface area contributed by atoms with E-state index in [4.69, 9.17) is 9.98 Å². The van der Waals surface area contributed by atoms with Gasteiger partial charge in [0.25, 0.3) is 0 Å². The summed E-state index contributed by atoms with van der Waals surface area (Å²) in [6.45, 7) is 23.5. The lowest BCUT2D eigenvalue weighted by Crippen LogP contribution is -2.12. The van der Waals surface area contributed by atoms with Crippen LogP contribution in [0.2, 0.25) is 0 Å². The van der Waals surface area contributed by atoms with E-state index in [2.05, 4.69) is 173 Å². The third-order valence-corrected chi connectivity index (χ3v) is 7.55. The van der Waals surface area contributed by atoms with E-state index in [1.807, 2.05) is 6.07 Å². The average molecular weight is 683 g/mol. The lowest BCUT2D eigenvalue weighted by molar-refractivity contribution is 1.09. The first kappa shape index (κ1) is 42.9. The van der Waals surface area contributed by atoms with Crippen molar-refractivity contribution >= 4 is 39.5 Å². The van der Waals surface area contributed by atoms with Crippen LogP contribution >= 0.6 is 0 Å². The van der Waals surface area contributed by atoms with Gasteiger partial charge in [0.05, 0.1) is 22.8 Å². The molecule has 0 saturated heterocycles. The van der Waals surface area contributed by atoms with Crippen molar-refractivity contribution in [3.8, 4) is 0 Å². The van der Waals surface area contributed by atoms with Crippen LogP contribution in [-0.2, 0) is 12.8 Å². The summed E-state index contributed by atoms with van der Waals surface area (Å²) in [5.41, 5.74) is 16.8. The summed E-state index contributed by atoms with van der Waals surface area (Å²) in [6, 6.07) is 34.2. The van der Waals surface area contributed by atoms with Crippen LogP contribution in [0.25, 0.3) is 16.7 Å². The predicted molar refractivity (Wildman–Crippen MR) is 231 cm³/mol. The first-order valence-electron chi connectivity index (χ1n) is 19.8. The van der Waals surface area contributed by atoms with E-state index in [0.29, 0.717) is 0 Å². The number of hydrogen-bond acceptors (Lipinski definition) is 2. The van der Waals surface area contributed by atoms with Crippen molar-refractivity contribution in [1.29, 1.82) is 0 Å². The Hall–Kier alpha value is -4.30. The number of para-hydroxylation sites is 2. The van der Waals surface area contributed by atoms with Crippen molar-refractivity contribution in [3.05, 3.63) is 137 Å². The van der Waals surface area contributed by atoms with E-state index >= 15 is 0 Å². The molecule has 0 unspecified atom stereocenters. The van der Waals surface area contributed by atoms with Crippen molar-refractivity contribution in [3.63, 3.8) is 0 Å². The van der Waals surface area contributed by atoms with E-state index in [1.54, 1.807) is 0 Å². The van der Waals surface area contributed by atoms with Gasteiger partial charge >= 0.3 is 0 Å². The number of benzene rings is 4. The predicted octanol–water partition coefficient (Wildman–Crippen LogP) is 15.5. The van der Waals surface area contributed by atoms with Crippen LogP contribution < -0.4 is 0 Å². The maximum atomic E-state index is 4.83. The largest absolute Gasteiger partial charge is 0.252 e. The Bertz CT molecular complexity index is 1740. The highest BCUT2D eigenvalue weighted by atomic mass is 14.8. The molecule has 0 N–H and O–H groups in total. The molecule has 0 saturated carbocycles. The van der Waals surface area contributed by atoms with Crippen LogP contribution in [0.5, 0.6) is 0 Å². The van der Waals surface area contributed by atoms with Gasteiger partial charge in [0, 0.05) is 34.3 Å². The molecule has 2 aliphatic carbocycles. The highest BCUT2D eigenvalue weighted by Gasteiger charge is 2.29. The molecule has 2 heterocycles. The zero-order valence-electron chi connectivity index (χ0n) is 33.9. The lowest BCUT2D eigenvalue weighted by atomic mass is 9.81. The molecular weight excluding hydrogens is 617 g/mol. The summed E-state index contributed by atoms with van der Waals surface area (Å²) in [6.07, 6.45) is 11.6. The number of nitrogens with zero attached hydrogens (tertiary/aromatic N) is 2. The summed E-state index contributed by atoms with van der Waals surface area (Å²) in [5, 5.41) is 0. The smallest absolute Gasteiger partial charge is 0.0788 e. The molecule has 4 aromatic rings. The second kappa shape index (κ2) is 24.0. The van der Waals surface area contributed by atoms with E-state index in [-0.39, 0.29) is 0 Å². The molecule has 51 heavy (non-hydrogen) atoms. The van der Waals surface area contributed by atoms with Gasteiger partial charge in [-0.1, -0.05) is 199 Å². The topological polar surface area (TPSA) is 24.7 Å². The second-order valence-electron chi connectivity index (χ2n) is 13.1.